The molecule has 232 valence electrons. The number of benzene rings is 3. The van der Waals surface area contributed by atoms with Gasteiger partial charge in [0.15, 0.2) is 0 Å². The fraction of sp³-hybridized carbons (Fsp3) is 0.412. The van der Waals surface area contributed by atoms with Gasteiger partial charge in [0.25, 0.3) is 0 Å². The summed E-state index contributed by atoms with van der Waals surface area (Å²) in [6.07, 6.45) is 2.60. The zero-order valence-corrected chi connectivity index (χ0v) is 26.8. The number of anilines is 1. The average molecular weight is 608 g/mol. The van der Waals surface area contributed by atoms with E-state index < -0.39 is 16.1 Å². The molecule has 9 heteroatoms. The molecule has 3 rings (SSSR count). The Kier molecular flexibility index (Phi) is 12.6. The molecule has 0 aliphatic carbocycles. The molecular formula is C34H45N3O5S. The fourth-order valence-corrected chi connectivity index (χ4v) is 5.78. The highest BCUT2D eigenvalue weighted by atomic mass is 32.2. The maximum absolute atomic E-state index is 14.0. The van der Waals surface area contributed by atoms with Crippen LogP contribution in [0.25, 0.3) is 0 Å². The van der Waals surface area contributed by atoms with Crippen molar-refractivity contribution in [1.82, 2.24) is 10.2 Å². The molecule has 0 bridgehead atoms. The Bertz CT molecular complexity index is 1430. The zero-order chi connectivity index (χ0) is 31.4. The lowest BCUT2D eigenvalue weighted by molar-refractivity contribution is -0.141. The number of amides is 2. The SMILES string of the molecule is CCOc1ccccc1N(CCCC(=O)N(Cc1ccc(C)cc1)[C@@H](Cc1ccccc1)C(=O)N[C@H](C)CC)S(C)(=O)=O. The van der Waals surface area contributed by atoms with Crippen LogP contribution < -0.4 is 14.4 Å². The lowest BCUT2D eigenvalue weighted by Crippen LogP contribution is -2.52. The number of ether oxygens (including phenoxy) is 1. The van der Waals surface area contributed by atoms with Crippen molar-refractivity contribution in [2.45, 2.75) is 72.0 Å². The highest BCUT2D eigenvalue weighted by Crippen LogP contribution is 2.30. The van der Waals surface area contributed by atoms with Crippen molar-refractivity contribution in [3.8, 4) is 5.75 Å². The maximum Gasteiger partial charge on any atom is 0.243 e. The molecule has 2 amide bonds. The highest BCUT2D eigenvalue weighted by molar-refractivity contribution is 7.92. The van der Waals surface area contributed by atoms with Crippen LogP contribution in [0, 0.1) is 6.92 Å². The largest absolute Gasteiger partial charge is 0.492 e. The first-order valence-corrected chi connectivity index (χ1v) is 16.8. The van der Waals surface area contributed by atoms with Crippen molar-refractivity contribution in [2.75, 3.05) is 23.7 Å². The Morgan fingerprint density at radius 3 is 2.19 bits per heavy atom. The van der Waals surface area contributed by atoms with Gasteiger partial charge in [-0.25, -0.2) is 8.42 Å². The summed E-state index contributed by atoms with van der Waals surface area (Å²) >= 11 is 0. The number of sulfonamides is 1. The summed E-state index contributed by atoms with van der Waals surface area (Å²) in [6, 6.07) is 23.8. The Balaban J connectivity index is 1.90. The van der Waals surface area contributed by atoms with Crippen LogP contribution in [-0.4, -0.2) is 56.6 Å². The van der Waals surface area contributed by atoms with Gasteiger partial charge in [0.1, 0.15) is 11.8 Å². The van der Waals surface area contributed by atoms with E-state index in [1.165, 1.54) is 4.31 Å². The van der Waals surface area contributed by atoms with E-state index in [1.54, 1.807) is 29.2 Å². The molecule has 8 nitrogen and oxygen atoms in total. The first-order chi connectivity index (χ1) is 20.5. The van der Waals surface area contributed by atoms with E-state index >= 15 is 0 Å². The number of nitrogens with zero attached hydrogens (tertiary/aromatic N) is 2. The van der Waals surface area contributed by atoms with Crippen LogP contribution in [0.15, 0.2) is 78.9 Å². The molecule has 3 aromatic carbocycles. The van der Waals surface area contributed by atoms with Gasteiger partial charge in [0, 0.05) is 32.0 Å². The van der Waals surface area contributed by atoms with Crippen molar-refractivity contribution in [2.24, 2.45) is 0 Å². The summed E-state index contributed by atoms with van der Waals surface area (Å²) < 4.78 is 32.6. The van der Waals surface area contributed by atoms with Crippen LogP contribution in [0.2, 0.25) is 0 Å². The van der Waals surface area contributed by atoms with Crippen molar-refractivity contribution < 1.29 is 22.7 Å². The van der Waals surface area contributed by atoms with Gasteiger partial charge in [-0.05, 0) is 56.9 Å². The van der Waals surface area contributed by atoms with Crippen LogP contribution in [-0.2, 0) is 32.6 Å². The molecule has 1 N–H and O–H groups in total. The molecular weight excluding hydrogens is 562 g/mol. The standard InChI is InChI=1S/C34H45N3O5S/c1-6-27(4)35-34(39)31(24-28-14-9-8-10-15-28)36(25-29-21-19-26(3)20-22-29)33(38)18-13-23-37(43(5,40)41)30-16-11-12-17-32(30)42-7-2/h8-12,14-17,19-22,27,31H,6-7,13,18,23-25H2,1-5H3,(H,35,39)/t27-,31+/m1/s1. The van der Waals surface area contributed by atoms with Gasteiger partial charge >= 0.3 is 0 Å². The van der Waals surface area contributed by atoms with Crippen molar-refractivity contribution in [3.63, 3.8) is 0 Å². The molecule has 0 heterocycles. The molecule has 0 saturated heterocycles. The van der Waals surface area contributed by atoms with E-state index in [9.17, 15) is 18.0 Å². The summed E-state index contributed by atoms with van der Waals surface area (Å²) in [6.45, 7) is 8.53. The molecule has 0 aromatic heterocycles. The van der Waals surface area contributed by atoms with Gasteiger partial charge in [-0.3, -0.25) is 13.9 Å². The molecule has 0 spiro atoms. The summed E-state index contributed by atoms with van der Waals surface area (Å²) in [7, 11) is -3.65. The smallest absolute Gasteiger partial charge is 0.243 e. The molecule has 0 unspecified atom stereocenters. The van der Waals surface area contributed by atoms with Crippen LogP contribution in [0.1, 0.15) is 56.7 Å². The van der Waals surface area contributed by atoms with Gasteiger partial charge < -0.3 is 15.0 Å². The number of hydrogen-bond donors (Lipinski definition) is 1. The third-order valence-electron chi connectivity index (χ3n) is 7.33. The second-order valence-corrected chi connectivity index (χ2v) is 12.8. The van der Waals surface area contributed by atoms with Crippen molar-refractivity contribution in [3.05, 3.63) is 95.6 Å². The molecule has 3 aromatic rings. The Hall–Kier alpha value is -3.85. The molecule has 0 radical (unpaired) electrons. The fourth-order valence-electron chi connectivity index (χ4n) is 4.81. The summed E-state index contributed by atoms with van der Waals surface area (Å²) in [5, 5.41) is 3.08. The predicted octanol–water partition coefficient (Wildman–Crippen LogP) is 5.49. The number of aryl methyl sites for hydroxylation is 1. The van der Waals surface area contributed by atoms with Crippen molar-refractivity contribution >= 4 is 27.5 Å². The number of nitrogens with one attached hydrogen (secondary N) is 1. The van der Waals surface area contributed by atoms with E-state index in [0.717, 1.165) is 29.4 Å². The second-order valence-electron chi connectivity index (χ2n) is 10.9. The van der Waals surface area contributed by atoms with Gasteiger partial charge in [0.2, 0.25) is 21.8 Å². The number of carbonyl (C=O) groups is 2. The minimum absolute atomic E-state index is 0.0455. The Labute approximate surface area is 257 Å². The normalized spacial score (nSPS) is 12.7. The topological polar surface area (TPSA) is 96.0 Å². The third kappa shape index (κ3) is 10.1. The van der Waals surface area contributed by atoms with Crippen molar-refractivity contribution in [1.29, 1.82) is 0 Å². The van der Waals surface area contributed by atoms with Crippen LogP contribution in [0.3, 0.4) is 0 Å². The predicted molar refractivity (Wildman–Crippen MR) is 173 cm³/mol. The number of rotatable bonds is 16. The van der Waals surface area contributed by atoms with E-state index in [-0.39, 0.29) is 43.8 Å². The minimum atomic E-state index is -3.65. The molecule has 2 atom stereocenters. The monoisotopic (exact) mass is 607 g/mol. The number of para-hydroxylation sites is 2. The van der Waals surface area contributed by atoms with E-state index in [2.05, 4.69) is 5.32 Å². The van der Waals surface area contributed by atoms with E-state index in [4.69, 9.17) is 4.74 Å². The molecule has 43 heavy (non-hydrogen) atoms. The maximum atomic E-state index is 14.0. The van der Waals surface area contributed by atoms with E-state index in [1.807, 2.05) is 82.3 Å². The van der Waals surface area contributed by atoms with E-state index in [0.29, 0.717) is 24.5 Å². The first-order valence-electron chi connectivity index (χ1n) is 14.9. The molecule has 0 saturated carbocycles. The zero-order valence-electron chi connectivity index (χ0n) is 26.0. The van der Waals surface area contributed by atoms with Crippen LogP contribution in [0.4, 0.5) is 5.69 Å². The molecule has 0 fully saturated rings. The molecule has 0 aliphatic heterocycles. The minimum Gasteiger partial charge on any atom is -0.492 e. The average Bonchev–Trinajstić information content (AvgIpc) is 2.98. The van der Waals surface area contributed by atoms with Gasteiger partial charge in [-0.1, -0.05) is 79.2 Å². The van der Waals surface area contributed by atoms with Crippen LogP contribution >= 0.6 is 0 Å². The first kappa shape index (κ1) is 33.6. The van der Waals surface area contributed by atoms with Crippen LogP contribution in [0.5, 0.6) is 5.75 Å². The summed E-state index contributed by atoms with van der Waals surface area (Å²) in [5.41, 5.74) is 3.40. The molecule has 0 aliphatic rings. The summed E-state index contributed by atoms with van der Waals surface area (Å²) in [4.78, 5) is 29.3. The highest BCUT2D eigenvalue weighted by Gasteiger charge is 2.31. The van der Waals surface area contributed by atoms with Gasteiger partial charge in [-0.15, -0.1) is 0 Å². The summed E-state index contributed by atoms with van der Waals surface area (Å²) in [5.74, 6) is 0.0433. The second kappa shape index (κ2) is 16.1. The lowest BCUT2D eigenvalue weighted by atomic mass is 10.0. The quantitative estimate of drug-likeness (QED) is 0.232. The van der Waals surface area contributed by atoms with Gasteiger partial charge in [-0.2, -0.15) is 0 Å². The Morgan fingerprint density at radius 2 is 1.56 bits per heavy atom. The number of hydrogen-bond acceptors (Lipinski definition) is 5. The Morgan fingerprint density at radius 1 is 0.907 bits per heavy atom. The number of carbonyl (C=O) groups excluding carboxylic acids is 2. The lowest BCUT2D eigenvalue weighted by Gasteiger charge is -2.33. The third-order valence-corrected chi connectivity index (χ3v) is 8.51. The van der Waals surface area contributed by atoms with Gasteiger partial charge in [0.05, 0.1) is 18.6 Å².